The van der Waals surface area contributed by atoms with Gasteiger partial charge in [0, 0.05) is 11.7 Å². The molecule has 2 fully saturated rings. The Morgan fingerprint density at radius 1 is 1.15 bits per heavy atom. The molecule has 1 saturated heterocycles. The van der Waals surface area contributed by atoms with Gasteiger partial charge in [0.2, 0.25) is 0 Å². The van der Waals surface area contributed by atoms with Crippen molar-refractivity contribution in [2.75, 3.05) is 0 Å². The molecule has 0 atom stereocenters. The molecule has 0 aromatic carbocycles. The van der Waals surface area contributed by atoms with Gasteiger partial charge < -0.3 is 15.0 Å². The molecule has 2 heterocycles. The van der Waals surface area contributed by atoms with Gasteiger partial charge in [0.05, 0.1) is 22.4 Å². The number of nitrogens with zero attached hydrogens (tertiary/aromatic N) is 1. The largest absolute Gasteiger partial charge is 0.496 e. The van der Waals surface area contributed by atoms with Crippen LogP contribution in [0.25, 0.3) is 0 Å². The molecule has 1 aliphatic heterocycles. The quantitative estimate of drug-likeness (QED) is 0.833. The first kappa shape index (κ1) is 14.0. The second-order valence-electron chi connectivity index (χ2n) is 7.19. The zero-order valence-electron chi connectivity index (χ0n) is 13.0. The van der Waals surface area contributed by atoms with Gasteiger partial charge >= 0.3 is 7.12 Å². The van der Waals surface area contributed by atoms with Gasteiger partial charge in [-0.2, -0.15) is 0 Å². The van der Waals surface area contributed by atoms with Crippen LogP contribution < -0.4 is 11.2 Å². The molecular formula is C15H23BN2O2. The first-order valence-electron chi connectivity index (χ1n) is 7.26. The van der Waals surface area contributed by atoms with Crippen LogP contribution in [-0.4, -0.2) is 23.3 Å². The lowest BCUT2D eigenvalue weighted by Crippen LogP contribution is -2.41. The van der Waals surface area contributed by atoms with Crippen LogP contribution in [0.15, 0.2) is 12.3 Å². The minimum absolute atomic E-state index is 0.285. The third-order valence-corrected chi connectivity index (χ3v) is 4.82. The Balaban J connectivity index is 2.01. The second-order valence-corrected chi connectivity index (χ2v) is 7.19. The monoisotopic (exact) mass is 274 g/mol. The number of pyridine rings is 1. The lowest BCUT2D eigenvalue weighted by atomic mass is 9.75. The maximum Gasteiger partial charge on any atom is 0.496 e. The van der Waals surface area contributed by atoms with Crippen molar-refractivity contribution in [2.45, 2.75) is 64.2 Å². The lowest BCUT2D eigenvalue weighted by Gasteiger charge is -2.32. The molecule has 5 heteroatoms. The van der Waals surface area contributed by atoms with Crippen LogP contribution in [0.5, 0.6) is 0 Å². The Kier molecular flexibility index (Phi) is 2.85. The van der Waals surface area contributed by atoms with E-state index in [9.17, 15) is 0 Å². The zero-order valence-corrected chi connectivity index (χ0v) is 13.0. The molecule has 20 heavy (non-hydrogen) atoms. The molecular weight excluding hydrogens is 251 g/mol. The molecule has 2 aliphatic rings. The molecule has 0 unspecified atom stereocenters. The number of aryl methyl sites for hydroxylation is 1. The summed E-state index contributed by atoms with van der Waals surface area (Å²) < 4.78 is 12.3. The Morgan fingerprint density at radius 2 is 1.70 bits per heavy atom. The van der Waals surface area contributed by atoms with E-state index in [1.54, 1.807) is 0 Å². The van der Waals surface area contributed by atoms with E-state index in [2.05, 4.69) is 38.7 Å². The highest BCUT2D eigenvalue weighted by atomic mass is 16.7. The standard InChI is InChI=1S/C15H23BN2O2/c1-10-8-11(12(18-9-10)15(17)6-7-15)16-19-13(2,3)14(4,5)20-16/h8-9H,6-7,17H2,1-5H3. The van der Waals surface area contributed by atoms with Gasteiger partial charge in [-0.05, 0) is 53.0 Å². The van der Waals surface area contributed by atoms with Crippen LogP contribution in [-0.2, 0) is 14.8 Å². The number of aromatic nitrogens is 1. The van der Waals surface area contributed by atoms with Crippen molar-refractivity contribution < 1.29 is 9.31 Å². The third-order valence-electron chi connectivity index (χ3n) is 4.82. The molecule has 0 amide bonds. The molecule has 108 valence electrons. The second kappa shape index (κ2) is 4.06. The summed E-state index contributed by atoms with van der Waals surface area (Å²) in [6.07, 6.45) is 3.84. The molecule has 0 bridgehead atoms. The normalized spacial score (nSPS) is 25.8. The van der Waals surface area contributed by atoms with Gasteiger partial charge in [0.1, 0.15) is 0 Å². The van der Waals surface area contributed by atoms with Crippen molar-refractivity contribution in [3.05, 3.63) is 23.5 Å². The average Bonchev–Trinajstić information content (AvgIpc) is 3.01. The summed E-state index contributed by atoms with van der Waals surface area (Å²) in [7, 11) is -0.386. The van der Waals surface area contributed by atoms with E-state index in [-0.39, 0.29) is 23.9 Å². The van der Waals surface area contributed by atoms with Crippen LogP contribution in [0, 0.1) is 6.92 Å². The Hall–Kier alpha value is -0.905. The minimum atomic E-state index is -0.386. The maximum absolute atomic E-state index is 6.35. The fourth-order valence-corrected chi connectivity index (χ4v) is 2.53. The predicted molar refractivity (Wildman–Crippen MR) is 79.8 cm³/mol. The van der Waals surface area contributed by atoms with Crippen molar-refractivity contribution in [2.24, 2.45) is 5.73 Å². The van der Waals surface area contributed by atoms with Crippen molar-refractivity contribution in [1.82, 2.24) is 4.98 Å². The van der Waals surface area contributed by atoms with Gasteiger partial charge in [-0.25, -0.2) is 0 Å². The first-order chi connectivity index (χ1) is 9.15. The molecule has 1 saturated carbocycles. The van der Waals surface area contributed by atoms with Crippen LogP contribution in [0.1, 0.15) is 51.8 Å². The summed E-state index contributed by atoms with van der Waals surface area (Å²) in [4.78, 5) is 4.57. The highest BCUT2D eigenvalue weighted by molar-refractivity contribution is 6.62. The predicted octanol–water partition coefficient (Wildman–Crippen LogP) is 1.64. The Morgan fingerprint density at radius 3 is 2.20 bits per heavy atom. The lowest BCUT2D eigenvalue weighted by molar-refractivity contribution is 0.00578. The van der Waals surface area contributed by atoms with Crippen molar-refractivity contribution in [3.8, 4) is 0 Å². The molecule has 0 spiro atoms. The summed E-state index contributed by atoms with van der Waals surface area (Å²) in [6.45, 7) is 10.3. The average molecular weight is 274 g/mol. The Labute approximate surface area is 121 Å². The summed E-state index contributed by atoms with van der Waals surface area (Å²) >= 11 is 0. The fourth-order valence-electron chi connectivity index (χ4n) is 2.53. The van der Waals surface area contributed by atoms with Crippen LogP contribution in [0.2, 0.25) is 0 Å². The van der Waals surface area contributed by atoms with E-state index in [1.165, 1.54) is 0 Å². The highest BCUT2D eigenvalue weighted by Crippen LogP contribution is 2.42. The number of nitrogens with two attached hydrogens (primary N) is 1. The molecule has 1 aromatic heterocycles. The SMILES string of the molecule is Cc1cnc(C2(N)CC2)c(B2OC(C)(C)C(C)(C)O2)c1. The van der Waals surface area contributed by atoms with Crippen LogP contribution >= 0.6 is 0 Å². The van der Waals surface area contributed by atoms with E-state index in [4.69, 9.17) is 15.0 Å². The number of rotatable bonds is 2. The fraction of sp³-hybridized carbons (Fsp3) is 0.667. The Bertz CT molecular complexity index is 537. The van der Waals surface area contributed by atoms with Crippen LogP contribution in [0.3, 0.4) is 0 Å². The van der Waals surface area contributed by atoms with E-state index in [1.807, 2.05) is 13.1 Å². The van der Waals surface area contributed by atoms with Crippen molar-refractivity contribution >= 4 is 12.6 Å². The first-order valence-corrected chi connectivity index (χ1v) is 7.26. The molecule has 3 rings (SSSR count). The van der Waals surface area contributed by atoms with E-state index < -0.39 is 0 Å². The summed E-state index contributed by atoms with van der Waals surface area (Å²) in [6, 6.07) is 2.09. The molecule has 2 N–H and O–H groups in total. The molecule has 4 nitrogen and oxygen atoms in total. The minimum Gasteiger partial charge on any atom is -0.399 e. The van der Waals surface area contributed by atoms with E-state index >= 15 is 0 Å². The highest BCUT2D eigenvalue weighted by Gasteiger charge is 2.54. The summed E-state index contributed by atoms with van der Waals surface area (Å²) in [5, 5.41) is 0. The number of hydrogen-bond acceptors (Lipinski definition) is 4. The number of hydrogen-bond donors (Lipinski definition) is 1. The third kappa shape index (κ3) is 2.08. The van der Waals surface area contributed by atoms with Gasteiger partial charge in [0.25, 0.3) is 0 Å². The smallest absolute Gasteiger partial charge is 0.399 e. The van der Waals surface area contributed by atoms with Crippen LogP contribution in [0.4, 0.5) is 0 Å². The van der Waals surface area contributed by atoms with Crippen molar-refractivity contribution in [1.29, 1.82) is 0 Å². The van der Waals surface area contributed by atoms with Gasteiger partial charge in [-0.15, -0.1) is 0 Å². The van der Waals surface area contributed by atoms with Gasteiger partial charge in [0.15, 0.2) is 0 Å². The van der Waals surface area contributed by atoms with E-state index in [0.717, 1.165) is 29.6 Å². The summed E-state index contributed by atoms with van der Waals surface area (Å²) in [5.41, 5.74) is 8.40. The zero-order chi connectivity index (χ0) is 14.8. The maximum atomic E-state index is 6.35. The van der Waals surface area contributed by atoms with Crippen molar-refractivity contribution in [3.63, 3.8) is 0 Å². The van der Waals surface area contributed by atoms with Gasteiger partial charge in [-0.1, -0.05) is 6.07 Å². The molecule has 1 aliphatic carbocycles. The van der Waals surface area contributed by atoms with E-state index in [0.29, 0.717) is 0 Å². The topological polar surface area (TPSA) is 57.4 Å². The summed E-state index contributed by atoms with van der Waals surface area (Å²) in [5.74, 6) is 0. The molecule has 0 radical (unpaired) electrons. The molecule has 1 aromatic rings. The van der Waals surface area contributed by atoms with Gasteiger partial charge in [-0.3, -0.25) is 4.98 Å².